The second-order valence-electron chi connectivity index (χ2n) is 5.22. The van der Waals surface area contributed by atoms with Crippen LogP contribution in [0.5, 0.6) is 0 Å². The van der Waals surface area contributed by atoms with Crippen molar-refractivity contribution in [2.24, 2.45) is 17.7 Å². The van der Waals surface area contributed by atoms with Crippen molar-refractivity contribution in [1.29, 1.82) is 0 Å². The SMILES string of the molecule is CC(C)CN(C(C)C)C(C)C(C)C(=O)NN. The van der Waals surface area contributed by atoms with E-state index in [1.54, 1.807) is 0 Å². The van der Waals surface area contributed by atoms with E-state index in [1.807, 2.05) is 6.92 Å². The second-order valence-corrected chi connectivity index (χ2v) is 5.22. The van der Waals surface area contributed by atoms with E-state index in [2.05, 4.69) is 44.9 Å². The number of hydrogen-bond donors (Lipinski definition) is 2. The fourth-order valence-corrected chi connectivity index (χ4v) is 1.91. The quantitative estimate of drug-likeness (QED) is 0.411. The Balaban J connectivity index is 4.60. The Hall–Kier alpha value is -0.610. The molecule has 2 atom stereocenters. The number of hydrogen-bond acceptors (Lipinski definition) is 3. The first-order valence-electron chi connectivity index (χ1n) is 6.07. The minimum Gasteiger partial charge on any atom is -0.297 e. The summed E-state index contributed by atoms with van der Waals surface area (Å²) >= 11 is 0. The Kier molecular flexibility index (Phi) is 6.60. The summed E-state index contributed by atoms with van der Waals surface area (Å²) in [5.41, 5.74) is 2.23. The van der Waals surface area contributed by atoms with Crippen molar-refractivity contribution >= 4 is 5.91 Å². The van der Waals surface area contributed by atoms with Crippen LogP contribution in [0.25, 0.3) is 0 Å². The molecule has 96 valence electrons. The summed E-state index contributed by atoms with van der Waals surface area (Å²) in [7, 11) is 0. The predicted molar refractivity (Wildman–Crippen MR) is 67.6 cm³/mol. The molecule has 4 nitrogen and oxygen atoms in total. The number of rotatable bonds is 6. The highest BCUT2D eigenvalue weighted by Gasteiger charge is 2.27. The summed E-state index contributed by atoms with van der Waals surface area (Å²) in [5, 5.41) is 0. The van der Waals surface area contributed by atoms with Crippen molar-refractivity contribution < 1.29 is 4.79 Å². The second kappa shape index (κ2) is 6.86. The zero-order valence-electron chi connectivity index (χ0n) is 11.4. The van der Waals surface area contributed by atoms with Gasteiger partial charge in [-0.05, 0) is 26.7 Å². The Morgan fingerprint density at radius 3 is 2.00 bits per heavy atom. The fraction of sp³-hybridized carbons (Fsp3) is 0.917. The van der Waals surface area contributed by atoms with Crippen LogP contribution in [0.15, 0.2) is 0 Å². The third-order valence-electron chi connectivity index (χ3n) is 3.04. The summed E-state index contributed by atoms with van der Waals surface area (Å²) < 4.78 is 0. The Bertz CT molecular complexity index is 216. The van der Waals surface area contributed by atoms with Crippen molar-refractivity contribution in [2.45, 2.75) is 53.6 Å². The Morgan fingerprint density at radius 1 is 1.19 bits per heavy atom. The molecule has 0 aliphatic rings. The van der Waals surface area contributed by atoms with Gasteiger partial charge in [-0.15, -0.1) is 0 Å². The molecule has 0 radical (unpaired) electrons. The van der Waals surface area contributed by atoms with Crippen molar-refractivity contribution in [2.75, 3.05) is 6.54 Å². The van der Waals surface area contributed by atoms with Gasteiger partial charge in [-0.2, -0.15) is 0 Å². The Morgan fingerprint density at radius 2 is 1.69 bits per heavy atom. The molecule has 0 spiro atoms. The van der Waals surface area contributed by atoms with Crippen molar-refractivity contribution in [3.63, 3.8) is 0 Å². The topological polar surface area (TPSA) is 58.4 Å². The van der Waals surface area contributed by atoms with Gasteiger partial charge in [-0.25, -0.2) is 5.84 Å². The number of nitrogens with one attached hydrogen (secondary N) is 1. The zero-order valence-corrected chi connectivity index (χ0v) is 11.4. The molecule has 0 heterocycles. The molecule has 2 unspecified atom stereocenters. The van der Waals surface area contributed by atoms with Gasteiger partial charge in [0.1, 0.15) is 0 Å². The minimum absolute atomic E-state index is 0.0915. The number of carbonyl (C=O) groups is 1. The van der Waals surface area contributed by atoms with E-state index in [0.717, 1.165) is 6.54 Å². The summed E-state index contributed by atoms with van der Waals surface area (Å²) in [6.45, 7) is 13.7. The lowest BCUT2D eigenvalue weighted by atomic mass is 9.98. The van der Waals surface area contributed by atoms with Gasteiger partial charge in [0.15, 0.2) is 0 Å². The zero-order chi connectivity index (χ0) is 12.9. The largest absolute Gasteiger partial charge is 0.297 e. The molecule has 3 N–H and O–H groups in total. The molecule has 1 amide bonds. The van der Waals surface area contributed by atoms with Gasteiger partial charge in [0.25, 0.3) is 0 Å². The van der Waals surface area contributed by atoms with Crippen molar-refractivity contribution in [3.8, 4) is 0 Å². The van der Waals surface area contributed by atoms with Crippen LogP contribution in [-0.4, -0.2) is 29.4 Å². The number of nitrogens with zero attached hydrogens (tertiary/aromatic N) is 1. The number of hydrazine groups is 1. The highest BCUT2D eigenvalue weighted by Crippen LogP contribution is 2.16. The summed E-state index contributed by atoms with van der Waals surface area (Å²) in [6, 6.07) is 0.636. The molecular formula is C12H27N3O. The first kappa shape index (κ1) is 15.4. The maximum atomic E-state index is 11.5. The van der Waals surface area contributed by atoms with Crippen LogP contribution in [0.4, 0.5) is 0 Å². The van der Waals surface area contributed by atoms with Crippen LogP contribution in [0, 0.1) is 11.8 Å². The van der Waals surface area contributed by atoms with E-state index in [0.29, 0.717) is 12.0 Å². The molecule has 0 saturated carbocycles. The predicted octanol–water partition coefficient (Wildman–Crippen LogP) is 1.37. The normalized spacial score (nSPS) is 15.6. The molecule has 0 aliphatic carbocycles. The number of carbonyl (C=O) groups excluding carboxylic acids is 1. The van der Waals surface area contributed by atoms with Crippen LogP contribution < -0.4 is 11.3 Å². The highest BCUT2D eigenvalue weighted by molar-refractivity contribution is 5.78. The van der Waals surface area contributed by atoms with Gasteiger partial charge in [0.05, 0.1) is 5.92 Å². The molecular weight excluding hydrogens is 202 g/mol. The molecule has 0 fully saturated rings. The molecule has 0 saturated heterocycles. The molecule has 0 aliphatic heterocycles. The van der Waals surface area contributed by atoms with Gasteiger partial charge in [0, 0.05) is 18.6 Å². The maximum absolute atomic E-state index is 11.5. The number of amides is 1. The van der Waals surface area contributed by atoms with E-state index in [9.17, 15) is 4.79 Å². The molecule has 0 aromatic heterocycles. The average molecular weight is 229 g/mol. The van der Waals surface area contributed by atoms with Crippen LogP contribution in [0.3, 0.4) is 0 Å². The third-order valence-corrected chi connectivity index (χ3v) is 3.04. The molecule has 16 heavy (non-hydrogen) atoms. The first-order chi connectivity index (χ1) is 7.31. The lowest BCUT2D eigenvalue weighted by molar-refractivity contribution is -0.126. The van der Waals surface area contributed by atoms with E-state index in [4.69, 9.17) is 5.84 Å². The Labute approximate surface area is 99.5 Å². The summed E-state index contributed by atoms with van der Waals surface area (Å²) in [5.74, 6) is 5.58. The van der Waals surface area contributed by atoms with Gasteiger partial charge in [0.2, 0.25) is 5.91 Å². The molecule has 0 aromatic rings. The monoisotopic (exact) mass is 229 g/mol. The van der Waals surface area contributed by atoms with E-state index in [1.165, 1.54) is 0 Å². The minimum atomic E-state index is -0.0955. The lowest BCUT2D eigenvalue weighted by Crippen LogP contribution is -2.49. The summed E-state index contributed by atoms with van der Waals surface area (Å²) in [4.78, 5) is 13.9. The standard InChI is InChI=1S/C12H27N3O/c1-8(2)7-15(9(3)4)11(6)10(5)12(16)14-13/h8-11H,7,13H2,1-6H3,(H,14,16). The van der Waals surface area contributed by atoms with Crippen LogP contribution >= 0.6 is 0 Å². The van der Waals surface area contributed by atoms with Gasteiger partial charge >= 0.3 is 0 Å². The molecule has 4 heteroatoms. The molecule has 0 bridgehead atoms. The van der Waals surface area contributed by atoms with Crippen molar-refractivity contribution in [1.82, 2.24) is 10.3 Å². The lowest BCUT2D eigenvalue weighted by Gasteiger charge is -2.36. The molecule has 0 aromatic carbocycles. The smallest absolute Gasteiger partial charge is 0.238 e. The first-order valence-corrected chi connectivity index (χ1v) is 6.07. The number of nitrogens with two attached hydrogens (primary N) is 1. The van der Waals surface area contributed by atoms with E-state index >= 15 is 0 Å². The average Bonchev–Trinajstić information content (AvgIpc) is 2.22. The van der Waals surface area contributed by atoms with Crippen LogP contribution in [-0.2, 0) is 4.79 Å². The van der Waals surface area contributed by atoms with E-state index < -0.39 is 0 Å². The van der Waals surface area contributed by atoms with Crippen LogP contribution in [0.1, 0.15) is 41.5 Å². The third kappa shape index (κ3) is 4.49. The maximum Gasteiger partial charge on any atom is 0.238 e. The van der Waals surface area contributed by atoms with Crippen molar-refractivity contribution in [3.05, 3.63) is 0 Å². The fourth-order valence-electron chi connectivity index (χ4n) is 1.91. The van der Waals surface area contributed by atoms with E-state index in [-0.39, 0.29) is 17.9 Å². The molecule has 0 rings (SSSR count). The van der Waals surface area contributed by atoms with Gasteiger partial charge in [-0.1, -0.05) is 20.8 Å². The highest BCUT2D eigenvalue weighted by atomic mass is 16.2. The van der Waals surface area contributed by atoms with Gasteiger partial charge in [-0.3, -0.25) is 15.1 Å². The summed E-state index contributed by atoms with van der Waals surface area (Å²) in [6.07, 6.45) is 0. The van der Waals surface area contributed by atoms with Gasteiger partial charge < -0.3 is 0 Å². The van der Waals surface area contributed by atoms with Crippen LogP contribution in [0.2, 0.25) is 0 Å².